The highest BCUT2D eigenvalue weighted by Gasteiger charge is 2.30. The number of benzene rings is 1. The van der Waals surface area contributed by atoms with Gasteiger partial charge >= 0.3 is 30.1 Å². The summed E-state index contributed by atoms with van der Waals surface area (Å²) in [7, 11) is 0. The first-order valence-electron chi connectivity index (χ1n) is 12.8. The van der Waals surface area contributed by atoms with Crippen LogP contribution in [0, 0.1) is 0 Å². The predicted octanol–water partition coefficient (Wildman–Crippen LogP) is 0.0988. The lowest BCUT2D eigenvalue weighted by Gasteiger charge is -2.35. The topological polar surface area (TPSA) is 171 Å². The molecule has 0 aromatic heterocycles. The van der Waals surface area contributed by atoms with E-state index in [9.17, 15) is 52.8 Å². The molecule has 1 saturated heterocycles. The van der Waals surface area contributed by atoms with Gasteiger partial charge in [0.25, 0.3) is 0 Å². The molecule has 0 bridgehead atoms. The van der Waals surface area contributed by atoms with E-state index in [2.05, 4.69) is 0 Å². The van der Waals surface area contributed by atoms with Gasteiger partial charge < -0.3 is 25.2 Å². The molecule has 0 amide bonds. The van der Waals surface area contributed by atoms with Crippen LogP contribution in [0.1, 0.15) is 5.56 Å². The second kappa shape index (κ2) is 16.1. The van der Waals surface area contributed by atoms with Crippen LogP contribution in [0.25, 0.3) is 0 Å². The number of halogens is 3. The Hall–Kier alpha value is -3.47. The van der Waals surface area contributed by atoms with E-state index < -0.39 is 42.7 Å². The summed E-state index contributed by atoms with van der Waals surface area (Å²) in [5.74, 6) is -4.51. The van der Waals surface area contributed by atoms with Gasteiger partial charge in [0.1, 0.15) is 11.8 Å². The van der Waals surface area contributed by atoms with E-state index in [1.165, 1.54) is 24.3 Å². The number of aliphatic carboxylic acids is 4. The largest absolute Gasteiger partial charge is 0.484 e. The number of rotatable bonds is 12. The Labute approximate surface area is 234 Å². The normalized spacial score (nSPS) is 18.1. The average molecular weight is 593 g/mol. The van der Waals surface area contributed by atoms with Crippen LogP contribution in [-0.4, -0.2) is 155 Å². The van der Waals surface area contributed by atoms with Crippen LogP contribution in [0.15, 0.2) is 24.3 Å². The Balaban J connectivity index is 2.25. The van der Waals surface area contributed by atoms with Crippen LogP contribution in [0.3, 0.4) is 0 Å². The molecule has 1 atom stereocenters. The zero-order chi connectivity index (χ0) is 30.6. The summed E-state index contributed by atoms with van der Waals surface area (Å²) in [6.07, 6.45) is -4.54. The minimum absolute atomic E-state index is 0.0286. The van der Waals surface area contributed by atoms with Gasteiger partial charge in [-0.1, -0.05) is 12.1 Å². The highest BCUT2D eigenvalue weighted by molar-refractivity contribution is 5.74. The van der Waals surface area contributed by atoms with Gasteiger partial charge in [-0.2, -0.15) is 13.2 Å². The van der Waals surface area contributed by atoms with Crippen molar-refractivity contribution in [3.63, 3.8) is 0 Å². The molecule has 2 rings (SSSR count). The van der Waals surface area contributed by atoms with E-state index in [1.54, 1.807) is 19.6 Å². The van der Waals surface area contributed by atoms with Crippen LogP contribution in [0.4, 0.5) is 13.2 Å². The van der Waals surface area contributed by atoms with Crippen LogP contribution >= 0.6 is 0 Å². The first kappa shape index (κ1) is 33.7. The molecular weight excluding hydrogens is 557 g/mol. The summed E-state index contributed by atoms with van der Waals surface area (Å²) in [4.78, 5) is 52.9. The van der Waals surface area contributed by atoms with Crippen molar-refractivity contribution in [2.45, 2.75) is 18.6 Å². The maximum Gasteiger partial charge on any atom is 0.422 e. The molecule has 13 nitrogen and oxygen atoms in total. The molecule has 0 radical (unpaired) electrons. The third-order valence-corrected chi connectivity index (χ3v) is 6.43. The Morgan fingerprint density at radius 1 is 0.707 bits per heavy atom. The van der Waals surface area contributed by atoms with E-state index in [-0.39, 0.29) is 84.2 Å². The van der Waals surface area contributed by atoms with Gasteiger partial charge in [-0.25, -0.2) is 0 Å². The molecule has 1 aromatic carbocycles. The Kier molecular flexibility index (Phi) is 13.2. The van der Waals surface area contributed by atoms with E-state index >= 15 is 0 Å². The number of carboxylic acid groups (broad SMARTS) is 4. The molecule has 0 spiro atoms. The second-order valence-corrected chi connectivity index (χ2v) is 9.65. The summed E-state index contributed by atoms with van der Waals surface area (Å²) < 4.78 is 42.0. The highest BCUT2D eigenvalue weighted by Crippen LogP contribution is 2.20. The highest BCUT2D eigenvalue weighted by atomic mass is 19.4. The van der Waals surface area contributed by atoms with Crippen molar-refractivity contribution in [2.24, 2.45) is 0 Å². The van der Waals surface area contributed by atoms with Gasteiger partial charge in [0, 0.05) is 52.4 Å². The molecule has 1 aliphatic rings. The quantitative estimate of drug-likeness (QED) is 0.258. The van der Waals surface area contributed by atoms with Gasteiger partial charge in [-0.3, -0.25) is 38.8 Å². The standard InChI is InChI=1S/C25H35F3N4O9/c26-25(27,28)17-41-19-3-1-18(2-4-19)13-20(24(39)40)32-11-9-30(15-22(35)36)7-5-29(14-21(33)34)6-8-31(10-12-32)16-23(37)38/h1-4,20H,5-17H2,(H,33,34)(H,35,36)(H,37,38)(H,39,40)/t20-/m1/s1. The number of alkyl halides is 3. The van der Waals surface area contributed by atoms with Crippen LogP contribution < -0.4 is 4.74 Å². The Morgan fingerprint density at radius 2 is 1.10 bits per heavy atom. The molecule has 1 aromatic rings. The average Bonchev–Trinajstić information content (AvgIpc) is 2.85. The predicted molar refractivity (Wildman–Crippen MR) is 137 cm³/mol. The summed E-state index contributed by atoms with van der Waals surface area (Å²) in [6, 6.07) is 4.43. The van der Waals surface area contributed by atoms with E-state index in [0.717, 1.165) is 0 Å². The smallest absolute Gasteiger partial charge is 0.422 e. The van der Waals surface area contributed by atoms with E-state index in [0.29, 0.717) is 5.56 Å². The summed E-state index contributed by atoms with van der Waals surface area (Å²) in [5.41, 5.74) is 0.511. The lowest BCUT2D eigenvalue weighted by atomic mass is 10.0. The molecule has 1 heterocycles. The molecule has 1 aliphatic heterocycles. The fraction of sp³-hybridized carbons (Fsp3) is 0.600. The zero-order valence-corrected chi connectivity index (χ0v) is 22.3. The molecule has 0 aliphatic carbocycles. The van der Waals surface area contributed by atoms with Gasteiger partial charge in [-0.05, 0) is 24.1 Å². The van der Waals surface area contributed by atoms with Gasteiger partial charge in [-0.15, -0.1) is 0 Å². The molecule has 1 fully saturated rings. The van der Waals surface area contributed by atoms with Gasteiger partial charge in [0.05, 0.1) is 19.6 Å². The molecule has 16 heteroatoms. The summed E-state index contributed by atoms with van der Waals surface area (Å²) >= 11 is 0. The third kappa shape index (κ3) is 13.6. The maximum absolute atomic E-state index is 12.4. The first-order chi connectivity index (χ1) is 19.2. The molecule has 0 unspecified atom stereocenters. The van der Waals surface area contributed by atoms with Crippen LogP contribution in [0.5, 0.6) is 5.75 Å². The van der Waals surface area contributed by atoms with Crippen molar-refractivity contribution in [2.75, 3.05) is 78.6 Å². The first-order valence-corrected chi connectivity index (χ1v) is 12.8. The fourth-order valence-electron chi connectivity index (χ4n) is 4.40. The minimum Gasteiger partial charge on any atom is -0.484 e. The van der Waals surface area contributed by atoms with Gasteiger partial charge in [0.15, 0.2) is 6.61 Å². The number of hydrogen-bond acceptors (Lipinski definition) is 9. The Morgan fingerprint density at radius 3 is 1.44 bits per heavy atom. The number of carboxylic acids is 4. The van der Waals surface area contributed by atoms with Crippen molar-refractivity contribution < 1.29 is 57.5 Å². The zero-order valence-electron chi connectivity index (χ0n) is 22.3. The fourth-order valence-corrected chi connectivity index (χ4v) is 4.40. The van der Waals surface area contributed by atoms with Crippen molar-refractivity contribution in [3.8, 4) is 5.75 Å². The van der Waals surface area contributed by atoms with Crippen molar-refractivity contribution in [1.82, 2.24) is 19.6 Å². The maximum atomic E-state index is 12.4. The number of ether oxygens (including phenoxy) is 1. The third-order valence-electron chi connectivity index (χ3n) is 6.43. The molecule has 230 valence electrons. The van der Waals surface area contributed by atoms with Crippen molar-refractivity contribution in [3.05, 3.63) is 29.8 Å². The SMILES string of the molecule is O=C(O)CN1CCN(CC(=O)O)CCN([C@H](Cc2ccc(OCC(F)(F)F)cc2)C(=O)O)CCN(CC(=O)O)CC1. The van der Waals surface area contributed by atoms with E-state index in [4.69, 9.17) is 4.74 Å². The molecule has 41 heavy (non-hydrogen) atoms. The summed E-state index contributed by atoms with van der Waals surface area (Å²) in [6.45, 7) is -1.22. The number of hydrogen-bond donors (Lipinski definition) is 4. The monoisotopic (exact) mass is 592 g/mol. The number of carbonyl (C=O) groups is 4. The van der Waals surface area contributed by atoms with Crippen molar-refractivity contribution in [1.29, 1.82) is 0 Å². The van der Waals surface area contributed by atoms with Gasteiger partial charge in [0.2, 0.25) is 0 Å². The lowest BCUT2D eigenvalue weighted by molar-refractivity contribution is -0.153. The molecule has 0 saturated carbocycles. The Bertz CT molecular complexity index is 995. The molecule has 4 N–H and O–H groups in total. The van der Waals surface area contributed by atoms with Crippen LogP contribution in [-0.2, 0) is 25.6 Å². The van der Waals surface area contributed by atoms with Crippen LogP contribution in [0.2, 0.25) is 0 Å². The van der Waals surface area contributed by atoms with Crippen molar-refractivity contribution >= 4 is 23.9 Å². The lowest BCUT2D eigenvalue weighted by Crippen LogP contribution is -2.52. The second-order valence-electron chi connectivity index (χ2n) is 9.65. The minimum atomic E-state index is -4.51. The van der Waals surface area contributed by atoms with E-state index in [1.807, 2.05) is 0 Å². The molecular formula is C25H35F3N4O9. The number of nitrogens with zero attached hydrogens (tertiary/aromatic N) is 4. The summed E-state index contributed by atoms with van der Waals surface area (Å²) in [5, 5.41) is 38.0.